The fourth-order valence-electron chi connectivity index (χ4n) is 4.50. The van der Waals surface area contributed by atoms with Gasteiger partial charge in [0.25, 0.3) is 11.8 Å². The maximum atomic E-state index is 13.9. The normalized spacial score (nSPS) is 16.5. The highest BCUT2D eigenvalue weighted by molar-refractivity contribution is 6.30. The van der Waals surface area contributed by atoms with Crippen molar-refractivity contribution in [2.45, 2.75) is 25.4 Å². The van der Waals surface area contributed by atoms with Gasteiger partial charge in [-0.05, 0) is 42.7 Å². The summed E-state index contributed by atoms with van der Waals surface area (Å²) >= 11 is 6.12. The van der Waals surface area contributed by atoms with Crippen LogP contribution in [0.1, 0.15) is 44.4 Å². The Morgan fingerprint density at radius 2 is 1.97 bits per heavy atom. The van der Waals surface area contributed by atoms with Crippen molar-refractivity contribution in [3.8, 4) is 5.75 Å². The van der Waals surface area contributed by atoms with Crippen LogP contribution in [-0.2, 0) is 13.0 Å². The summed E-state index contributed by atoms with van der Waals surface area (Å²) in [5, 5.41) is 13.6. The minimum Gasteiger partial charge on any atom is -0.503 e. The number of carbonyl (C=O) groups is 2. The SMILES string of the molecule is O=C(NCc1ccc(F)cc1F)c1cn2c(c(O)c1=O)C(=O)N1C[C@@H]2CCc2cc(Cl)ccc21. The van der Waals surface area contributed by atoms with Crippen molar-refractivity contribution >= 4 is 29.1 Å². The van der Waals surface area contributed by atoms with Gasteiger partial charge in [-0.1, -0.05) is 17.7 Å². The molecule has 10 heteroatoms. The second-order valence-electron chi connectivity index (χ2n) is 8.28. The van der Waals surface area contributed by atoms with Crippen molar-refractivity contribution in [2.75, 3.05) is 11.4 Å². The average Bonchev–Trinajstić information content (AvgIpc) is 2.96. The molecule has 2 aliphatic rings. The molecule has 2 N–H and O–H groups in total. The number of carbonyl (C=O) groups excluding carboxylic acids is 2. The van der Waals surface area contributed by atoms with Gasteiger partial charge in [-0.15, -0.1) is 0 Å². The fourth-order valence-corrected chi connectivity index (χ4v) is 4.70. The molecule has 34 heavy (non-hydrogen) atoms. The standard InChI is InChI=1S/C24H18ClF2N3O4/c25-14-3-6-19-12(7-14)2-5-16-10-30(19)24(34)20-22(32)21(31)17(11-29(16)20)23(33)28-9-13-1-4-15(26)8-18(13)27/h1,3-4,6-8,11,16,32H,2,5,9-10H2,(H,28,33)/t16-/m0/s1. The Bertz CT molecular complexity index is 1420. The van der Waals surface area contributed by atoms with Crippen LogP contribution >= 0.6 is 11.6 Å². The summed E-state index contributed by atoms with van der Waals surface area (Å²) in [6.07, 6.45) is 2.44. The lowest BCUT2D eigenvalue weighted by molar-refractivity contribution is 0.0929. The molecular weight excluding hydrogens is 468 g/mol. The highest BCUT2D eigenvalue weighted by atomic mass is 35.5. The third kappa shape index (κ3) is 3.62. The lowest BCUT2D eigenvalue weighted by atomic mass is 10.0. The van der Waals surface area contributed by atoms with E-state index in [1.165, 1.54) is 21.7 Å². The predicted molar refractivity (Wildman–Crippen MR) is 120 cm³/mol. The smallest absolute Gasteiger partial charge is 0.279 e. The van der Waals surface area contributed by atoms with Crippen molar-refractivity contribution < 1.29 is 23.5 Å². The van der Waals surface area contributed by atoms with Crippen LogP contribution in [0.2, 0.25) is 5.02 Å². The van der Waals surface area contributed by atoms with Crippen LogP contribution in [-0.4, -0.2) is 28.0 Å². The fraction of sp³-hybridized carbons (Fsp3) is 0.208. The second-order valence-corrected chi connectivity index (χ2v) is 8.71. The summed E-state index contributed by atoms with van der Waals surface area (Å²) in [4.78, 5) is 40.3. The van der Waals surface area contributed by atoms with Gasteiger partial charge in [-0.25, -0.2) is 8.78 Å². The van der Waals surface area contributed by atoms with Crippen LogP contribution in [0.25, 0.3) is 0 Å². The van der Waals surface area contributed by atoms with E-state index in [1.54, 1.807) is 18.2 Å². The highest BCUT2D eigenvalue weighted by Crippen LogP contribution is 2.38. The van der Waals surface area contributed by atoms with Crippen LogP contribution in [0.5, 0.6) is 5.75 Å². The number of benzene rings is 2. The van der Waals surface area contributed by atoms with E-state index in [4.69, 9.17) is 11.6 Å². The van der Waals surface area contributed by atoms with E-state index < -0.39 is 34.6 Å². The quantitative estimate of drug-likeness (QED) is 0.593. The summed E-state index contributed by atoms with van der Waals surface area (Å²) in [5.74, 6) is -3.82. The number of halogens is 3. The van der Waals surface area contributed by atoms with Gasteiger partial charge < -0.3 is 19.9 Å². The van der Waals surface area contributed by atoms with Gasteiger partial charge in [0, 0.05) is 41.6 Å². The predicted octanol–water partition coefficient (Wildman–Crippen LogP) is 3.56. The monoisotopic (exact) mass is 485 g/mol. The summed E-state index contributed by atoms with van der Waals surface area (Å²) < 4.78 is 28.5. The number of aromatic hydroxyl groups is 1. The Kier molecular flexibility index (Phi) is 5.36. The van der Waals surface area contributed by atoms with Gasteiger partial charge in [0.2, 0.25) is 5.43 Å². The molecule has 0 saturated heterocycles. The molecule has 2 bridgehead atoms. The van der Waals surface area contributed by atoms with E-state index in [-0.39, 0.29) is 29.4 Å². The Morgan fingerprint density at radius 1 is 1.18 bits per heavy atom. The zero-order chi connectivity index (χ0) is 24.1. The minimum absolute atomic E-state index is 0.0306. The summed E-state index contributed by atoms with van der Waals surface area (Å²) in [7, 11) is 0. The van der Waals surface area contributed by atoms with Crippen molar-refractivity contribution in [1.29, 1.82) is 0 Å². The van der Waals surface area contributed by atoms with Crippen molar-refractivity contribution in [1.82, 2.24) is 9.88 Å². The van der Waals surface area contributed by atoms with E-state index in [1.807, 2.05) is 0 Å². The molecule has 3 heterocycles. The molecule has 174 valence electrons. The summed E-state index contributed by atoms with van der Waals surface area (Å²) in [6.45, 7) is 0.00370. The van der Waals surface area contributed by atoms with E-state index >= 15 is 0 Å². The van der Waals surface area contributed by atoms with Crippen LogP contribution in [0.4, 0.5) is 14.5 Å². The van der Waals surface area contributed by atoms with Crippen LogP contribution < -0.4 is 15.6 Å². The number of hydrogen-bond acceptors (Lipinski definition) is 4. The van der Waals surface area contributed by atoms with Crippen molar-refractivity contribution in [3.63, 3.8) is 0 Å². The molecule has 0 unspecified atom stereocenters. The molecule has 1 atom stereocenters. The second kappa shape index (κ2) is 8.25. The third-order valence-corrected chi connectivity index (χ3v) is 6.46. The van der Waals surface area contributed by atoms with Gasteiger partial charge in [-0.3, -0.25) is 14.4 Å². The van der Waals surface area contributed by atoms with E-state index in [0.29, 0.717) is 36.2 Å². The minimum atomic E-state index is -1.01. The van der Waals surface area contributed by atoms with E-state index in [0.717, 1.165) is 11.6 Å². The number of aromatic nitrogens is 1. The zero-order valence-corrected chi connectivity index (χ0v) is 18.4. The Labute approximate surface area is 197 Å². The number of nitrogens with zero attached hydrogens (tertiary/aromatic N) is 2. The number of hydrogen-bond donors (Lipinski definition) is 2. The molecule has 0 fully saturated rings. The highest BCUT2D eigenvalue weighted by Gasteiger charge is 2.38. The Hall–Kier alpha value is -3.72. The maximum absolute atomic E-state index is 13.9. The summed E-state index contributed by atoms with van der Waals surface area (Å²) in [6, 6.07) is 7.82. The first-order chi connectivity index (χ1) is 16.2. The number of anilines is 1. The van der Waals surface area contributed by atoms with E-state index in [2.05, 4.69) is 5.32 Å². The number of rotatable bonds is 3. The molecule has 0 aliphatic carbocycles. The zero-order valence-electron chi connectivity index (χ0n) is 17.6. The molecule has 2 amide bonds. The Balaban J connectivity index is 1.50. The van der Waals surface area contributed by atoms with Crippen molar-refractivity contribution in [2.24, 2.45) is 0 Å². The van der Waals surface area contributed by atoms with E-state index in [9.17, 15) is 28.3 Å². The molecule has 1 aromatic heterocycles. The van der Waals surface area contributed by atoms with Gasteiger partial charge in [-0.2, -0.15) is 0 Å². The maximum Gasteiger partial charge on any atom is 0.279 e. The topological polar surface area (TPSA) is 91.6 Å². The first-order valence-electron chi connectivity index (χ1n) is 10.5. The van der Waals surface area contributed by atoms with Gasteiger partial charge >= 0.3 is 0 Å². The van der Waals surface area contributed by atoms with Gasteiger partial charge in [0.15, 0.2) is 11.4 Å². The molecule has 3 aromatic rings. The molecule has 7 nitrogen and oxygen atoms in total. The molecule has 0 saturated carbocycles. The van der Waals surface area contributed by atoms with Crippen molar-refractivity contribution in [3.05, 3.63) is 91.9 Å². The largest absolute Gasteiger partial charge is 0.503 e. The van der Waals surface area contributed by atoms with Crippen LogP contribution in [0.15, 0.2) is 47.4 Å². The van der Waals surface area contributed by atoms with Gasteiger partial charge in [0.05, 0.1) is 6.04 Å². The van der Waals surface area contributed by atoms with Gasteiger partial charge in [0.1, 0.15) is 17.2 Å². The number of fused-ring (bicyclic) bond motifs is 6. The molecule has 2 aliphatic heterocycles. The molecule has 0 spiro atoms. The number of aryl methyl sites for hydroxylation is 1. The molecular formula is C24H18ClF2N3O4. The molecule has 2 aromatic carbocycles. The summed E-state index contributed by atoms with van der Waals surface area (Å²) in [5.41, 5.74) is -0.00747. The average molecular weight is 486 g/mol. The van der Waals surface area contributed by atoms with Crippen LogP contribution in [0, 0.1) is 11.6 Å². The number of amides is 2. The lowest BCUT2D eigenvalue weighted by Crippen LogP contribution is -2.44. The first-order valence-corrected chi connectivity index (χ1v) is 10.9. The van der Waals surface area contributed by atoms with Crippen LogP contribution in [0.3, 0.4) is 0 Å². The Morgan fingerprint density at radius 3 is 2.74 bits per heavy atom. The number of pyridine rings is 1. The lowest BCUT2D eigenvalue weighted by Gasteiger charge is -2.35. The number of nitrogens with one attached hydrogen (secondary N) is 1. The third-order valence-electron chi connectivity index (χ3n) is 6.22. The molecule has 0 radical (unpaired) electrons. The first kappa shape index (κ1) is 22.1. The molecule has 5 rings (SSSR count).